The standard InChI is InChI=1S/C7H14N2O/c1-4-5-6-8-7(10)9(2)3/h4H,1,5-6H2,2-3H3,(H,8,10). The first kappa shape index (κ1) is 9.01. The minimum atomic E-state index is -0.0538. The third-order valence-corrected chi connectivity index (χ3v) is 1.03. The molecule has 0 atom stereocenters. The van der Waals surface area contributed by atoms with Crippen LogP contribution in [0.3, 0.4) is 0 Å². The molecule has 0 spiro atoms. The number of hydrogen-bond donors (Lipinski definition) is 1. The average Bonchev–Trinajstić information content (AvgIpc) is 1.88. The molecule has 0 unspecified atom stereocenters. The van der Waals surface area contributed by atoms with Gasteiger partial charge in [0.2, 0.25) is 0 Å². The lowest BCUT2D eigenvalue weighted by molar-refractivity contribution is 0.217. The molecule has 0 saturated heterocycles. The lowest BCUT2D eigenvalue weighted by atomic mass is 10.4. The van der Waals surface area contributed by atoms with E-state index in [1.165, 1.54) is 4.90 Å². The van der Waals surface area contributed by atoms with Gasteiger partial charge in [-0.25, -0.2) is 4.79 Å². The highest BCUT2D eigenvalue weighted by molar-refractivity contribution is 5.73. The third-order valence-electron chi connectivity index (χ3n) is 1.03. The molecule has 0 rings (SSSR count). The highest BCUT2D eigenvalue weighted by atomic mass is 16.2. The Kier molecular flexibility index (Phi) is 4.37. The van der Waals surface area contributed by atoms with Crippen molar-refractivity contribution in [3.05, 3.63) is 12.7 Å². The minimum Gasteiger partial charge on any atom is -0.338 e. The van der Waals surface area contributed by atoms with Crippen LogP contribution in [0.2, 0.25) is 0 Å². The smallest absolute Gasteiger partial charge is 0.316 e. The van der Waals surface area contributed by atoms with Crippen LogP contribution in [0.5, 0.6) is 0 Å². The quantitative estimate of drug-likeness (QED) is 0.459. The number of hydrogen-bond acceptors (Lipinski definition) is 1. The summed E-state index contributed by atoms with van der Waals surface area (Å²) in [6.45, 7) is 4.20. The lowest BCUT2D eigenvalue weighted by Gasteiger charge is -2.10. The Morgan fingerprint density at radius 1 is 1.70 bits per heavy atom. The molecule has 0 aliphatic rings. The molecule has 1 N–H and O–H groups in total. The normalized spacial score (nSPS) is 8.60. The topological polar surface area (TPSA) is 32.3 Å². The molecule has 0 aromatic carbocycles. The van der Waals surface area contributed by atoms with Crippen molar-refractivity contribution in [3.63, 3.8) is 0 Å². The van der Waals surface area contributed by atoms with E-state index in [1.54, 1.807) is 20.2 Å². The zero-order valence-corrected chi connectivity index (χ0v) is 6.55. The van der Waals surface area contributed by atoms with Crippen LogP contribution in [0.4, 0.5) is 4.79 Å². The summed E-state index contributed by atoms with van der Waals surface area (Å²) in [6.07, 6.45) is 2.59. The van der Waals surface area contributed by atoms with Crippen LogP contribution < -0.4 is 5.32 Å². The fraction of sp³-hybridized carbons (Fsp3) is 0.571. The van der Waals surface area contributed by atoms with E-state index >= 15 is 0 Å². The van der Waals surface area contributed by atoms with Gasteiger partial charge in [-0.1, -0.05) is 6.08 Å². The molecule has 0 aromatic rings. The van der Waals surface area contributed by atoms with Gasteiger partial charge in [0.05, 0.1) is 0 Å². The molecule has 2 amide bonds. The molecule has 0 aliphatic heterocycles. The van der Waals surface area contributed by atoms with Gasteiger partial charge < -0.3 is 10.2 Å². The summed E-state index contributed by atoms with van der Waals surface area (Å²) < 4.78 is 0. The largest absolute Gasteiger partial charge is 0.338 e. The average molecular weight is 142 g/mol. The highest BCUT2D eigenvalue weighted by Gasteiger charge is 1.98. The Labute approximate surface area is 61.7 Å². The number of nitrogens with zero attached hydrogens (tertiary/aromatic N) is 1. The summed E-state index contributed by atoms with van der Waals surface area (Å²) in [4.78, 5) is 12.3. The van der Waals surface area contributed by atoms with Crippen molar-refractivity contribution >= 4 is 6.03 Å². The number of carbonyl (C=O) groups is 1. The SMILES string of the molecule is C=CCCNC(=O)N(C)C. The molecule has 0 heterocycles. The first-order valence-corrected chi connectivity index (χ1v) is 3.24. The van der Waals surface area contributed by atoms with Crippen molar-refractivity contribution in [1.29, 1.82) is 0 Å². The number of carbonyl (C=O) groups excluding carboxylic acids is 1. The van der Waals surface area contributed by atoms with E-state index < -0.39 is 0 Å². The van der Waals surface area contributed by atoms with E-state index in [-0.39, 0.29) is 6.03 Å². The summed E-state index contributed by atoms with van der Waals surface area (Å²) in [5.74, 6) is 0. The van der Waals surface area contributed by atoms with Crippen molar-refractivity contribution in [1.82, 2.24) is 10.2 Å². The van der Waals surface area contributed by atoms with Crippen LogP contribution in [-0.2, 0) is 0 Å². The molecule has 0 fully saturated rings. The Morgan fingerprint density at radius 2 is 2.30 bits per heavy atom. The molecular weight excluding hydrogens is 128 g/mol. The van der Waals surface area contributed by atoms with Gasteiger partial charge in [0.1, 0.15) is 0 Å². The Morgan fingerprint density at radius 3 is 2.70 bits per heavy atom. The van der Waals surface area contributed by atoms with E-state index in [1.807, 2.05) is 0 Å². The van der Waals surface area contributed by atoms with Gasteiger partial charge in [0.25, 0.3) is 0 Å². The number of amides is 2. The predicted octanol–water partition coefficient (Wildman–Crippen LogP) is 0.834. The van der Waals surface area contributed by atoms with Crippen LogP contribution in [0.15, 0.2) is 12.7 Å². The van der Waals surface area contributed by atoms with Crippen molar-refractivity contribution in [2.75, 3.05) is 20.6 Å². The van der Waals surface area contributed by atoms with Crippen LogP contribution in [-0.4, -0.2) is 31.6 Å². The van der Waals surface area contributed by atoms with Crippen LogP contribution in [0.25, 0.3) is 0 Å². The Balaban J connectivity index is 3.30. The molecular formula is C7H14N2O. The zero-order chi connectivity index (χ0) is 7.98. The van der Waals surface area contributed by atoms with Gasteiger partial charge in [-0.3, -0.25) is 0 Å². The van der Waals surface area contributed by atoms with Crippen molar-refractivity contribution in [3.8, 4) is 0 Å². The second-order valence-corrected chi connectivity index (χ2v) is 2.20. The maximum atomic E-state index is 10.8. The van der Waals surface area contributed by atoms with E-state index in [0.29, 0.717) is 6.54 Å². The van der Waals surface area contributed by atoms with E-state index in [0.717, 1.165) is 6.42 Å². The van der Waals surface area contributed by atoms with Crippen LogP contribution in [0.1, 0.15) is 6.42 Å². The summed E-state index contributed by atoms with van der Waals surface area (Å²) in [5.41, 5.74) is 0. The monoisotopic (exact) mass is 142 g/mol. The second kappa shape index (κ2) is 4.85. The summed E-state index contributed by atoms with van der Waals surface area (Å²) in [5, 5.41) is 2.70. The van der Waals surface area contributed by atoms with Crippen molar-refractivity contribution in [2.24, 2.45) is 0 Å². The first-order valence-electron chi connectivity index (χ1n) is 3.24. The second-order valence-electron chi connectivity index (χ2n) is 2.20. The minimum absolute atomic E-state index is 0.0538. The lowest BCUT2D eigenvalue weighted by Crippen LogP contribution is -2.34. The van der Waals surface area contributed by atoms with Gasteiger partial charge in [-0.05, 0) is 6.42 Å². The molecule has 58 valence electrons. The van der Waals surface area contributed by atoms with Crippen LogP contribution in [0, 0.1) is 0 Å². The predicted molar refractivity (Wildman–Crippen MR) is 41.9 cm³/mol. The fourth-order valence-corrected chi connectivity index (χ4v) is 0.439. The molecule has 0 saturated carbocycles. The van der Waals surface area contributed by atoms with Gasteiger partial charge in [-0.15, -0.1) is 6.58 Å². The van der Waals surface area contributed by atoms with Gasteiger partial charge in [-0.2, -0.15) is 0 Å². The number of urea groups is 1. The van der Waals surface area contributed by atoms with E-state index in [2.05, 4.69) is 11.9 Å². The zero-order valence-electron chi connectivity index (χ0n) is 6.55. The van der Waals surface area contributed by atoms with Crippen LogP contribution >= 0.6 is 0 Å². The summed E-state index contributed by atoms with van der Waals surface area (Å²) in [6, 6.07) is -0.0538. The third kappa shape index (κ3) is 3.95. The highest BCUT2D eigenvalue weighted by Crippen LogP contribution is 1.79. The molecule has 0 aliphatic carbocycles. The molecule has 10 heavy (non-hydrogen) atoms. The molecule has 0 bridgehead atoms. The number of nitrogens with one attached hydrogen (secondary N) is 1. The molecule has 0 radical (unpaired) electrons. The van der Waals surface area contributed by atoms with E-state index in [9.17, 15) is 4.79 Å². The summed E-state index contributed by atoms with van der Waals surface area (Å²) >= 11 is 0. The Hall–Kier alpha value is -0.990. The van der Waals surface area contributed by atoms with E-state index in [4.69, 9.17) is 0 Å². The van der Waals surface area contributed by atoms with Gasteiger partial charge >= 0.3 is 6.03 Å². The summed E-state index contributed by atoms with van der Waals surface area (Å²) in [7, 11) is 3.42. The molecule has 3 heteroatoms. The van der Waals surface area contributed by atoms with Crippen molar-refractivity contribution < 1.29 is 4.79 Å². The van der Waals surface area contributed by atoms with Gasteiger partial charge in [0, 0.05) is 20.6 Å². The Bertz CT molecular complexity index is 121. The fourth-order valence-electron chi connectivity index (χ4n) is 0.439. The molecule has 0 aromatic heterocycles. The van der Waals surface area contributed by atoms with Gasteiger partial charge in [0.15, 0.2) is 0 Å². The van der Waals surface area contributed by atoms with Crippen molar-refractivity contribution in [2.45, 2.75) is 6.42 Å². The first-order chi connectivity index (χ1) is 4.68. The maximum absolute atomic E-state index is 10.8. The maximum Gasteiger partial charge on any atom is 0.316 e. The molecule has 3 nitrogen and oxygen atoms in total. The number of rotatable bonds is 3.